The molecule has 1 saturated carbocycles. The van der Waals surface area contributed by atoms with Gasteiger partial charge in [0.1, 0.15) is 0 Å². The second-order valence-corrected chi connectivity index (χ2v) is 6.29. The van der Waals surface area contributed by atoms with Crippen molar-refractivity contribution in [3.63, 3.8) is 0 Å². The molecule has 1 amide bonds. The number of rotatable bonds is 3. The van der Waals surface area contributed by atoms with E-state index >= 15 is 0 Å². The zero-order valence-electron chi connectivity index (χ0n) is 11.6. The van der Waals surface area contributed by atoms with Crippen LogP contribution in [0.1, 0.15) is 41.6 Å². The second-order valence-electron chi connectivity index (χ2n) is 5.21. The molecule has 0 spiro atoms. The van der Waals surface area contributed by atoms with Gasteiger partial charge in [-0.1, -0.05) is 12.8 Å². The van der Waals surface area contributed by atoms with Crippen LogP contribution in [-0.2, 0) is 0 Å². The molecule has 0 bridgehead atoms. The van der Waals surface area contributed by atoms with Crippen LogP contribution in [0.5, 0.6) is 0 Å². The van der Waals surface area contributed by atoms with Crippen molar-refractivity contribution in [2.75, 3.05) is 12.0 Å². The Bertz CT molecular complexity index is 461. The number of amides is 1. The van der Waals surface area contributed by atoms with Gasteiger partial charge in [-0.25, -0.2) is 0 Å². The first kappa shape index (κ1) is 14.3. The van der Waals surface area contributed by atoms with Gasteiger partial charge in [-0.15, -0.1) is 0 Å². The van der Waals surface area contributed by atoms with Gasteiger partial charge in [-0.2, -0.15) is 11.8 Å². The minimum atomic E-state index is 0.0310. The van der Waals surface area contributed by atoms with Gasteiger partial charge in [0.15, 0.2) is 0 Å². The van der Waals surface area contributed by atoms with Crippen LogP contribution in [0.2, 0.25) is 0 Å². The molecule has 0 aliphatic heterocycles. The van der Waals surface area contributed by atoms with Crippen molar-refractivity contribution in [2.45, 2.75) is 43.9 Å². The normalized spacial score (nSPS) is 23.1. The third-order valence-corrected chi connectivity index (χ3v) is 4.99. The van der Waals surface area contributed by atoms with Crippen molar-refractivity contribution in [3.8, 4) is 0 Å². The van der Waals surface area contributed by atoms with Crippen LogP contribution < -0.4 is 11.1 Å². The Morgan fingerprint density at radius 3 is 2.79 bits per heavy atom. The highest BCUT2D eigenvalue weighted by Crippen LogP contribution is 2.27. The van der Waals surface area contributed by atoms with Gasteiger partial charge in [-0.05, 0) is 49.8 Å². The number of carbonyl (C=O) groups excluding carboxylic acids is 1. The molecule has 0 saturated heterocycles. The van der Waals surface area contributed by atoms with Crippen LogP contribution in [0, 0.1) is 6.92 Å². The monoisotopic (exact) mass is 278 g/mol. The van der Waals surface area contributed by atoms with E-state index in [1.165, 1.54) is 19.3 Å². The van der Waals surface area contributed by atoms with Gasteiger partial charge in [0.2, 0.25) is 0 Å². The first-order chi connectivity index (χ1) is 9.11. The number of thioether (sulfide) groups is 1. The molecule has 0 heterocycles. The number of hydrogen-bond acceptors (Lipinski definition) is 3. The van der Waals surface area contributed by atoms with Crippen LogP contribution in [-0.4, -0.2) is 23.5 Å². The number of nitrogens with one attached hydrogen (secondary N) is 1. The summed E-state index contributed by atoms with van der Waals surface area (Å²) in [6.45, 7) is 1.93. The van der Waals surface area contributed by atoms with E-state index in [9.17, 15) is 4.79 Å². The predicted molar refractivity (Wildman–Crippen MR) is 82.6 cm³/mol. The third-order valence-electron chi connectivity index (χ3n) is 3.82. The van der Waals surface area contributed by atoms with Gasteiger partial charge in [0.25, 0.3) is 5.91 Å². The van der Waals surface area contributed by atoms with E-state index in [1.54, 1.807) is 6.07 Å². The molecule has 104 valence electrons. The number of nitrogen functional groups attached to an aromatic ring is 1. The van der Waals surface area contributed by atoms with Gasteiger partial charge >= 0.3 is 0 Å². The van der Waals surface area contributed by atoms with Gasteiger partial charge in [0.05, 0.1) is 0 Å². The SMILES string of the molecule is CSC1CCCCC1NC(=O)c1ccc(N)cc1C. The Balaban J connectivity index is 2.07. The summed E-state index contributed by atoms with van der Waals surface area (Å²) in [6, 6.07) is 5.75. The fourth-order valence-corrected chi connectivity index (χ4v) is 3.67. The predicted octanol–water partition coefficient (Wildman–Crippen LogP) is 2.98. The first-order valence-electron chi connectivity index (χ1n) is 6.81. The maximum absolute atomic E-state index is 12.3. The van der Waals surface area contributed by atoms with E-state index in [2.05, 4.69) is 11.6 Å². The largest absolute Gasteiger partial charge is 0.399 e. The summed E-state index contributed by atoms with van der Waals surface area (Å²) in [4.78, 5) is 12.3. The van der Waals surface area contributed by atoms with Gasteiger partial charge in [-0.3, -0.25) is 4.79 Å². The quantitative estimate of drug-likeness (QED) is 0.836. The second kappa shape index (κ2) is 6.33. The summed E-state index contributed by atoms with van der Waals surface area (Å²) in [5, 5.41) is 3.74. The fraction of sp³-hybridized carbons (Fsp3) is 0.533. The minimum Gasteiger partial charge on any atom is -0.399 e. The molecule has 0 radical (unpaired) electrons. The van der Waals surface area contributed by atoms with Crippen LogP contribution in [0.3, 0.4) is 0 Å². The van der Waals surface area contributed by atoms with Crippen LogP contribution in [0.25, 0.3) is 0 Å². The summed E-state index contributed by atoms with van der Waals surface area (Å²) < 4.78 is 0. The molecule has 1 aromatic carbocycles. The lowest BCUT2D eigenvalue weighted by Crippen LogP contribution is -2.43. The van der Waals surface area contributed by atoms with Gasteiger partial charge < -0.3 is 11.1 Å². The van der Waals surface area contributed by atoms with Crippen molar-refractivity contribution < 1.29 is 4.79 Å². The molecule has 1 aliphatic carbocycles. The lowest BCUT2D eigenvalue weighted by atomic mass is 9.94. The molecular weight excluding hydrogens is 256 g/mol. The summed E-state index contributed by atoms with van der Waals surface area (Å²) in [7, 11) is 0. The lowest BCUT2D eigenvalue weighted by molar-refractivity contribution is 0.0929. The van der Waals surface area contributed by atoms with E-state index in [0.717, 1.165) is 17.5 Å². The highest BCUT2D eigenvalue weighted by Gasteiger charge is 2.26. The van der Waals surface area contributed by atoms with Crippen molar-refractivity contribution in [1.29, 1.82) is 0 Å². The van der Waals surface area contributed by atoms with Crippen LogP contribution in [0.15, 0.2) is 18.2 Å². The van der Waals surface area contributed by atoms with Crippen molar-refractivity contribution >= 4 is 23.4 Å². The molecule has 2 atom stereocenters. The highest BCUT2D eigenvalue weighted by atomic mass is 32.2. The molecule has 2 unspecified atom stereocenters. The lowest BCUT2D eigenvalue weighted by Gasteiger charge is -2.31. The smallest absolute Gasteiger partial charge is 0.251 e. The fourth-order valence-electron chi connectivity index (χ4n) is 2.73. The molecule has 3 nitrogen and oxygen atoms in total. The van der Waals surface area contributed by atoms with E-state index in [4.69, 9.17) is 5.73 Å². The average molecular weight is 278 g/mol. The Labute approximate surface area is 119 Å². The van der Waals surface area contributed by atoms with E-state index in [0.29, 0.717) is 17.0 Å². The number of benzene rings is 1. The summed E-state index contributed by atoms with van der Waals surface area (Å²) >= 11 is 1.86. The molecule has 3 N–H and O–H groups in total. The minimum absolute atomic E-state index is 0.0310. The van der Waals surface area contributed by atoms with E-state index in [1.807, 2.05) is 30.8 Å². The molecule has 1 fully saturated rings. The number of aryl methyl sites for hydroxylation is 1. The third kappa shape index (κ3) is 3.44. The molecular formula is C15H22N2OS. The highest BCUT2D eigenvalue weighted by molar-refractivity contribution is 7.99. The molecule has 0 aromatic heterocycles. The maximum Gasteiger partial charge on any atom is 0.251 e. The molecule has 19 heavy (non-hydrogen) atoms. The van der Waals surface area contributed by atoms with Crippen LogP contribution >= 0.6 is 11.8 Å². The Hall–Kier alpha value is -1.16. The van der Waals surface area contributed by atoms with Crippen molar-refractivity contribution in [3.05, 3.63) is 29.3 Å². The van der Waals surface area contributed by atoms with E-state index < -0.39 is 0 Å². The maximum atomic E-state index is 12.3. The molecule has 4 heteroatoms. The Morgan fingerprint density at radius 1 is 1.37 bits per heavy atom. The first-order valence-corrected chi connectivity index (χ1v) is 8.10. The number of anilines is 1. The number of carbonyl (C=O) groups is 1. The zero-order chi connectivity index (χ0) is 13.8. The van der Waals surface area contributed by atoms with Crippen LogP contribution in [0.4, 0.5) is 5.69 Å². The molecule has 1 aromatic rings. The topological polar surface area (TPSA) is 55.1 Å². The summed E-state index contributed by atoms with van der Waals surface area (Å²) in [5.41, 5.74) is 8.10. The zero-order valence-corrected chi connectivity index (χ0v) is 12.4. The molecule has 2 rings (SSSR count). The summed E-state index contributed by atoms with van der Waals surface area (Å²) in [5.74, 6) is 0.0310. The standard InChI is InChI=1S/C15H22N2OS/c1-10-9-11(16)7-8-12(10)15(18)17-13-5-3-4-6-14(13)19-2/h7-9,13-14H,3-6,16H2,1-2H3,(H,17,18). The average Bonchev–Trinajstić information content (AvgIpc) is 2.39. The molecule has 1 aliphatic rings. The Morgan fingerprint density at radius 2 is 2.11 bits per heavy atom. The number of nitrogens with two attached hydrogens (primary N) is 1. The van der Waals surface area contributed by atoms with E-state index in [-0.39, 0.29) is 5.91 Å². The van der Waals surface area contributed by atoms with Gasteiger partial charge in [0, 0.05) is 22.5 Å². The number of hydrogen-bond donors (Lipinski definition) is 2. The van der Waals surface area contributed by atoms with Crippen molar-refractivity contribution in [1.82, 2.24) is 5.32 Å². The summed E-state index contributed by atoms with van der Waals surface area (Å²) in [6.07, 6.45) is 6.91. The van der Waals surface area contributed by atoms with Crippen molar-refractivity contribution in [2.24, 2.45) is 0 Å². The Kier molecular flexibility index (Phi) is 4.75.